The highest BCUT2D eigenvalue weighted by Gasteiger charge is 2.38. The van der Waals surface area contributed by atoms with Crippen molar-refractivity contribution in [1.82, 2.24) is 4.90 Å². The molecule has 0 N–H and O–H groups in total. The highest BCUT2D eigenvalue weighted by molar-refractivity contribution is 8.22. The number of thioether (sulfide) groups is 1. The Labute approximate surface area is 188 Å². The molecule has 0 spiro atoms. The van der Waals surface area contributed by atoms with Crippen LogP contribution < -0.4 is 9.84 Å². The van der Waals surface area contributed by atoms with Crippen molar-refractivity contribution < 1.29 is 14.6 Å². The highest BCUT2D eigenvalue weighted by Crippen LogP contribution is 2.49. The lowest BCUT2D eigenvalue weighted by molar-refractivity contribution is -0.300. The Balaban J connectivity index is 1.88. The van der Waals surface area contributed by atoms with Gasteiger partial charge in [-0.2, -0.15) is 0 Å². The summed E-state index contributed by atoms with van der Waals surface area (Å²) in [6.45, 7) is 4.01. The molecule has 0 aromatic heterocycles. The van der Waals surface area contributed by atoms with E-state index in [1.165, 1.54) is 11.8 Å². The van der Waals surface area contributed by atoms with E-state index in [0.717, 1.165) is 4.91 Å². The van der Waals surface area contributed by atoms with Crippen molar-refractivity contribution in [3.63, 3.8) is 0 Å². The number of aliphatic carboxylic acids is 1. The topological polar surface area (TPSA) is 65.0 Å². The van der Waals surface area contributed by atoms with E-state index in [4.69, 9.17) is 27.9 Å². The number of rotatable bonds is 5. The molecule has 2 aromatic carbocycles. The number of carboxylic acids is 1. The molecule has 0 fully saturated rings. The van der Waals surface area contributed by atoms with Gasteiger partial charge in [0.25, 0.3) is 0 Å². The lowest BCUT2D eigenvalue weighted by Gasteiger charge is -2.35. The summed E-state index contributed by atoms with van der Waals surface area (Å²) in [4.78, 5) is 19.2. The number of benzene rings is 2. The molecular weight excluding hydrogens is 443 g/mol. The first-order chi connectivity index (χ1) is 14.4. The Hall–Kier alpha value is -2.41. The molecule has 2 aliphatic heterocycles. The van der Waals surface area contributed by atoms with E-state index in [2.05, 4.69) is 4.99 Å². The number of hydrogen-bond donors (Lipinski definition) is 0. The summed E-state index contributed by atoms with van der Waals surface area (Å²) in [7, 11) is 0. The third-order valence-electron chi connectivity index (χ3n) is 4.83. The van der Waals surface area contributed by atoms with Gasteiger partial charge >= 0.3 is 0 Å². The maximum Gasteiger partial charge on any atom is 0.173 e. The van der Waals surface area contributed by atoms with Crippen LogP contribution in [0.15, 0.2) is 64.9 Å². The Morgan fingerprint density at radius 1 is 1.20 bits per heavy atom. The average Bonchev–Trinajstić information content (AvgIpc) is 3.10. The fraction of sp³-hybridized carbons (Fsp3) is 0.182. The van der Waals surface area contributed by atoms with Crippen LogP contribution in [0.5, 0.6) is 5.75 Å². The predicted octanol–water partition coefficient (Wildman–Crippen LogP) is 4.87. The normalized spacial score (nSPS) is 18.1. The lowest BCUT2D eigenvalue weighted by Crippen LogP contribution is -2.38. The molecule has 1 unspecified atom stereocenters. The Morgan fingerprint density at radius 3 is 2.57 bits per heavy atom. The summed E-state index contributed by atoms with van der Waals surface area (Å²) in [6.07, 6.45) is 1.83. The van der Waals surface area contributed by atoms with Crippen molar-refractivity contribution in [1.29, 1.82) is 0 Å². The molecule has 0 radical (unpaired) electrons. The van der Waals surface area contributed by atoms with Crippen LogP contribution in [0, 0.1) is 0 Å². The number of hydrogen-bond acceptors (Lipinski definition) is 6. The summed E-state index contributed by atoms with van der Waals surface area (Å²) in [5, 5.41) is 13.8. The quantitative estimate of drug-likeness (QED) is 0.637. The molecule has 0 aliphatic carbocycles. The van der Waals surface area contributed by atoms with Crippen molar-refractivity contribution in [2.24, 2.45) is 4.99 Å². The first-order valence-electron chi connectivity index (χ1n) is 9.27. The van der Waals surface area contributed by atoms with Crippen LogP contribution >= 0.6 is 35.0 Å². The number of aliphatic imine (C=N–C) groups is 1. The van der Waals surface area contributed by atoms with Gasteiger partial charge in [-0.3, -0.25) is 0 Å². The molecule has 0 bridgehead atoms. The van der Waals surface area contributed by atoms with Crippen molar-refractivity contribution in [3.05, 3.63) is 81.1 Å². The molecule has 8 heteroatoms. The molecule has 2 aliphatic rings. The average molecular weight is 460 g/mol. The van der Waals surface area contributed by atoms with E-state index >= 15 is 0 Å². The zero-order valence-electron chi connectivity index (χ0n) is 16.2. The van der Waals surface area contributed by atoms with Gasteiger partial charge in [-0.05, 0) is 43.8 Å². The molecule has 0 saturated carbocycles. The number of carboxylic acid groups (broad SMARTS) is 1. The highest BCUT2D eigenvalue weighted by atomic mass is 35.5. The molecule has 2 aromatic rings. The van der Waals surface area contributed by atoms with Crippen LogP contribution in [0.1, 0.15) is 31.0 Å². The summed E-state index contributed by atoms with van der Waals surface area (Å²) in [5.74, 6) is -0.658. The van der Waals surface area contributed by atoms with Crippen molar-refractivity contribution in [2.75, 3.05) is 6.61 Å². The van der Waals surface area contributed by atoms with E-state index in [0.29, 0.717) is 44.4 Å². The SMILES string of the molecule is CCOc1ccccc1C1C(C(=O)[O-])=C(C)N=C2SC(c3c(Cl)cccc3Cl)=CN21. The zero-order valence-corrected chi connectivity index (χ0v) is 18.5. The monoisotopic (exact) mass is 459 g/mol. The molecular formula is C22H17Cl2N2O3S-. The number of allylic oxidation sites excluding steroid dienone is 1. The van der Waals surface area contributed by atoms with Crippen LogP contribution in [0.25, 0.3) is 4.91 Å². The van der Waals surface area contributed by atoms with Crippen LogP contribution in [-0.4, -0.2) is 22.6 Å². The molecule has 5 nitrogen and oxygen atoms in total. The van der Waals surface area contributed by atoms with E-state index < -0.39 is 12.0 Å². The summed E-state index contributed by atoms with van der Waals surface area (Å²) in [5.41, 5.74) is 1.89. The number of para-hydroxylation sites is 1. The second-order valence-electron chi connectivity index (χ2n) is 6.65. The van der Waals surface area contributed by atoms with Gasteiger partial charge in [0.05, 0.1) is 28.7 Å². The van der Waals surface area contributed by atoms with Gasteiger partial charge in [-0.15, -0.1) is 0 Å². The number of carbonyl (C=O) groups excluding carboxylic acids is 1. The molecule has 1 atom stereocenters. The second kappa shape index (κ2) is 8.38. The van der Waals surface area contributed by atoms with E-state index in [1.807, 2.05) is 42.3 Å². The fourth-order valence-electron chi connectivity index (χ4n) is 3.57. The summed E-state index contributed by atoms with van der Waals surface area (Å²) < 4.78 is 5.78. The fourth-order valence-corrected chi connectivity index (χ4v) is 5.42. The Bertz CT molecular complexity index is 1110. The maximum absolute atomic E-state index is 12.1. The van der Waals surface area contributed by atoms with Crippen molar-refractivity contribution in [3.8, 4) is 5.75 Å². The largest absolute Gasteiger partial charge is 0.545 e. The summed E-state index contributed by atoms with van der Waals surface area (Å²) in [6, 6.07) is 12.0. The van der Waals surface area contributed by atoms with Gasteiger partial charge < -0.3 is 19.5 Å². The minimum Gasteiger partial charge on any atom is -0.545 e. The standard InChI is InChI=1S/C22H18Cl2N2O3S/c1-3-29-16-10-5-4-7-13(16)20-18(21(27)28)12(2)25-22-26(20)11-17(30-22)19-14(23)8-6-9-15(19)24/h4-11,20H,3H2,1-2H3,(H,27,28)/p-1. The maximum atomic E-state index is 12.1. The molecule has 0 amide bonds. The summed E-state index contributed by atoms with van der Waals surface area (Å²) >= 11 is 14.2. The Morgan fingerprint density at radius 2 is 1.90 bits per heavy atom. The zero-order chi connectivity index (χ0) is 21.4. The minimum absolute atomic E-state index is 0.0919. The Kier molecular flexibility index (Phi) is 5.82. The van der Waals surface area contributed by atoms with Gasteiger partial charge in [-0.1, -0.05) is 47.5 Å². The van der Waals surface area contributed by atoms with Gasteiger partial charge in [0.2, 0.25) is 0 Å². The smallest absolute Gasteiger partial charge is 0.173 e. The third kappa shape index (κ3) is 3.60. The van der Waals surface area contributed by atoms with Crippen LogP contribution in [0.2, 0.25) is 10.0 Å². The van der Waals surface area contributed by atoms with Gasteiger partial charge in [0.15, 0.2) is 5.17 Å². The van der Waals surface area contributed by atoms with Crippen LogP contribution in [-0.2, 0) is 4.79 Å². The molecule has 4 rings (SSSR count). The number of carbonyl (C=O) groups is 1. The van der Waals surface area contributed by atoms with Gasteiger partial charge in [0, 0.05) is 33.5 Å². The van der Waals surface area contributed by atoms with Crippen LogP contribution in [0.4, 0.5) is 0 Å². The van der Waals surface area contributed by atoms with Crippen molar-refractivity contribution in [2.45, 2.75) is 19.9 Å². The van der Waals surface area contributed by atoms with Gasteiger partial charge in [0.1, 0.15) is 5.75 Å². The van der Waals surface area contributed by atoms with Gasteiger partial charge in [-0.25, -0.2) is 4.99 Å². The first kappa shape index (κ1) is 20.8. The second-order valence-corrected chi connectivity index (χ2v) is 8.48. The number of halogens is 2. The number of fused-ring (bicyclic) bond motifs is 1. The third-order valence-corrected chi connectivity index (χ3v) is 6.47. The van der Waals surface area contributed by atoms with E-state index in [9.17, 15) is 9.90 Å². The number of ether oxygens (including phenoxy) is 1. The number of nitrogens with zero attached hydrogens (tertiary/aromatic N) is 2. The number of amidine groups is 1. The van der Waals surface area contributed by atoms with Crippen molar-refractivity contribution >= 4 is 51.0 Å². The van der Waals surface area contributed by atoms with E-state index in [1.54, 1.807) is 25.1 Å². The lowest BCUT2D eigenvalue weighted by atomic mass is 9.94. The molecule has 154 valence electrons. The molecule has 2 heterocycles. The minimum atomic E-state index is -1.27. The first-order valence-corrected chi connectivity index (χ1v) is 10.8. The predicted molar refractivity (Wildman–Crippen MR) is 119 cm³/mol. The molecule has 30 heavy (non-hydrogen) atoms. The molecule has 0 saturated heterocycles. The van der Waals surface area contributed by atoms with E-state index in [-0.39, 0.29) is 5.57 Å². The van der Waals surface area contributed by atoms with Crippen LogP contribution in [0.3, 0.4) is 0 Å².